The number of nitrogens with zero attached hydrogens (tertiary/aromatic N) is 4. The van der Waals surface area contributed by atoms with Gasteiger partial charge in [-0.2, -0.15) is 0 Å². The summed E-state index contributed by atoms with van der Waals surface area (Å²) in [4.78, 5) is 47.2. The summed E-state index contributed by atoms with van der Waals surface area (Å²) in [5, 5.41) is 29.5. The van der Waals surface area contributed by atoms with E-state index in [1.54, 1.807) is 43.4 Å². The molecule has 300 valence electrons. The Kier molecular flexibility index (Phi) is 16.0. The zero-order valence-electron chi connectivity index (χ0n) is 32.6. The number of benzene rings is 2. The summed E-state index contributed by atoms with van der Waals surface area (Å²) in [5.41, 5.74) is 4.09. The predicted octanol–water partition coefficient (Wildman–Crippen LogP) is 3.71. The number of aldehydes is 1. The van der Waals surface area contributed by atoms with Gasteiger partial charge in [-0.05, 0) is 67.0 Å². The Morgan fingerprint density at radius 2 is 1.98 bits per heavy atom. The number of allylic oxidation sites excluding steroid dienone is 1. The first-order valence-electron chi connectivity index (χ1n) is 19.1. The summed E-state index contributed by atoms with van der Waals surface area (Å²) in [6.07, 6.45) is 5.36. The minimum atomic E-state index is -0.893. The average Bonchev–Trinajstić information content (AvgIpc) is 3.68. The van der Waals surface area contributed by atoms with Crippen molar-refractivity contribution in [3.05, 3.63) is 80.8 Å². The summed E-state index contributed by atoms with van der Waals surface area (Å²) in [7, 11) is 3.40. The van der Waals surface area contributed by atoms with E-state index in [0.29, 0.717) is 79.8 Å². The second-order valence-electron chi connectivity index (χ2n) is 14.1. The number of nitrogens with one attached hydrogen (secondary N) is 2. The van der Waals surface area contributed by atoms with Crippen molar-refractivity contribution >= 4 is 41.2 Å². The lowest BCUT2D eigenvalue weighted by Gasteiger charge is -2.47. The van der Waals surface area contributed by atoms with Crippen LogP contribution < -0.4 is 10.6 Å². The van der Waals surface area contributed by atoms with Crippen molar-refractivity contribution in [2.75, 3.05) is 85.0 Å². The number of hydrogen-bond acceptors (Lipinski definition) is 12. The van der Waals surface area contributed by atoms with Crippen LogP contribution in [0.15, 0.2) is 47.9 Å². The lowest BCUT2D eigenvalue weighted by atomic mass is 9.89. The Morgan fingerprint density at radius 1 is 1.18 bits per heavy atom. The molecule has 3 aromatic rings. The molecular formula is C42H54N6O7S. The fourth-order valence-electron chi connectivity index (χ4n) is 7.13. The number of morpholine rings is 1. The third-order valence-corrected chi connectivity index (χ3v) is 11.0. The van der Waals surface area contributed by atoms with Gasteiger partial charge >= 0.3 is 0 Å². The summed E-state index contributed by atoms with van der Waals surface area (Å²) in [6, 6.07) is 11.7. The highest BCUT2D eigenvalue weighted by molar-refractivity contribution is 7.10. The topological polar surface area (TPSA) is 157 Å². The zero-order chi connectivity index (χ0) is 39.9. The van der Waals surface area contributed by atoms with Gasteiger partial charge < -0.3 is 40.1 Å². The number of thiazole rings is 1. The van der Waals surface area contributed by atoms with Crippen LogP contribution >= 0.6 is 11.3 Å². The third-order valence-electron chi connectivity index (χ3n) is 10.2. The Morgan fingerprint density at radius 3 is 2.75 bits per heavy atom. The number of phenols is 1. The molecule has 2 saturated heterocycles. The number of phenolic OH excluding ortho intramolecular Hbond substituents is 1. The molecule has 0 radical (unpaired) electrons. The number of anilines is 1. The molecule has 5 rings (SSSR count). The number of amides is 2. The van der Waals surface area contributed by atoms with E-state index in [2.05, 4.69) is 56.6 Å². The molecule has 13 nitrogen and oxygen atoms in total. The van der Waals surface area contributed by atoms with E-state index >= 15 is 0 Å². The lowest BCUT2D eigenvalue weighted by Crippen LogP contribution is -2.58. The van der Waals surface area contributed by atoms with Crippen LogP contribution in [0.3, 0.4) is 0 Å². The number of piperidine rings is 1. The van der Waals surface area contributed by atoms with Crippen LogP contribution in [0.2, 0.25) is 0 Å². The van der Waals surface area contributed by atoms with E-state index < -0.39 is 6.10 Å². The van der Waals surface area contributed by atoms with Crippen LogP contribution in [-0.4, -0.2) is 133 Å². The minimum absolute atomic E-state index is 0.0178. The number of aliphatic hydroxyl groups is 1. The molecule has 0 bridgehead atoms. The van der Waals surface area contributed by atoms with Crippen LogP contribution in [0.5, 0.6) is 5.75 Å². The molecule has 2 fully saturated rings. The third kappa shape index (κ3) is 11.7. The standard InChI is InChI=1S/C42H54N6O7S/c1-4-7-38-45-35(29-56-38)41(53)48-21-25-55-42(30-48)15-18-47(19-16-42)28-32-9-5-8-31(26-32)13-23-54-24-14-39(52)46(3)20-17-44-27-37(51)33-11-12-36(50)40(43-2)34(33)10-6-22-49/h5-6,8-12,22,26,29,37,43-44,50-51H,13-21,23-25,27-28,30H2,1-3H3/b10-6-. The number of rotatable bonds is 18. The fraction of sp³-hybridized carbons (Fsp3) is 0.476. The molecule has 2 aromatic carbocycles. The van der Waals surface area contributed by atoms with E-state index in [1.807, 2.05) is 4.90 Å². The van der Waals surface area contributed by atoms with Gasteiger partial charge in [0, 0.05) is 70.9 Å². The molecular weight excluding hydrogens is 733 g/mol. The summed E-state index contributed by atoms with van der Waals surface area (Å²) in [6.45, 7) is 8.08. The Balaban J connectivity index is 0.967. The molecule has 0 aliphatic carbocycles. The fourth-order valence-corrected chi connectivity index (χ4v) is 7.82. The molecule has 0 saturated carbocycles. The van der Waals surface area contributed by atoms with Crippen molar-refractivity contribution in [3.8, 4) is 17.6 Å². The summed E-state index contributed by atoms with van der Waals surface area (Å²) >= 11 is 1.40. The van der Waals surface area contributed by atoms with E-state index in [1.165, 1.54) is 34.6 Å². The van der Waals surface area contributed by atoms with Crippen molar-refractivity contribution in [3.63, 3.8) is 0 Å². The Hall–Kier alpha value is -4.62. The zero-order valence-corrected chi connectivity index (χ0v) is 33.4. The number of likely N-dealkylation sites (tertiary alicyclic amines) is 1. The second kappa shape index (κ2) is 21.1. The SMILES string of the molecule is CC#Cc1nc(C(=O)N2CCOC3(CCN(Cc4cccc(CCOCCC(=O)N(C)CCNCC(O)c5ccc(O)c(NC)c5/C=C\C=O)c4)CC3)C2)cs1. The first-order chi connectivity index (χ1) is 27.1. The van der Waals surface area contributed by atoms with Crippen molar-refractivity contribution in [1.29, 1.82) is 0 Å². The van der Waals surface area contributed by atoms with Crippen molar-refractivity contribution in [1.82, 2.24) is 25.0 Å². The smallest absolute Gasteiger partial charge is 0.273 e. The van der Waals surface area contributed by atoms with Gasteiger partial charge in [-0.15, -0.1) is 11.3 Å². The quantitative estimate of drug-likeness (QED) is 0.0491. The maximum absolute atomic E-state index is 13.2. The normalized spacial score (nSPS) is 16.0. The van der Waals surface area contributed by atoms with Gasteiger partial charge in [0.1, 0.15) is 17.7 Å². The van der Waals surface area contributed by atoms with Gasteiger partial charge in [0.25, 0.3) is 5.91 Å². The minimum Gasteiger partial charge on any atom is -0.506 e. The molecule has 3 heterocycles. The number of carbonyl (C=O) groups excluding carboxylic acids is 3. The lowest BCUT2D eigenvalue weighted by molar-refractivity contribution is -0.131. The maximum Gasteiger partial charge on any atom is 0.273 e. The average molecular weight is 787 g/mol. The Bertz CT molecular complexity index is 1880. The van der Waals surface area contributed by atoms with E-state index in [4.69, 9.17) is 9.47 Å². The summed E-state index contributed by atoms with van der Waals surface area (Å²) < 4.78 is 12.2. The molecule has 1 unspecified atom stereocenters. The van der Waals surface area contributed by atoms with Crippen LogP contribution in [-0.2, 0) is 32.0 Å². The van der Waals surface area contributed by atoms with E-state index in [0.717, 1.165) is 38.9 Å². The highest BCUT2D eigenvalue weighted by Gasteiger charge is 2.41. The number of carbonyl (C=O) groups is 3. The largest absolute Gasteiger partial charge is 0.506 e. The van der Waals surface area contributed by atoms with Gasteiger partial charge in [-0.3, -0.25) is 19.3 Å². The van der Waals surface area contributed by atoms with E-state index in [-0.39, 0.29) is 36.1 Å². The van der Waals surface area contributed by atoms with Gasteiger partial charge in [0.15, 0.2) is 5.01 Å². The number of hydrogen-bond donors (Lipinski definition) is 4. The molecule has 2 amide bonds. The summed E-state index contributed by atoms with van der Waals surface area (Å²) in [5.74, 6) is 5.71. The number of ether oxygens (including phenoxy) is 2. The van der Waals surface area contributed by atoms with Gasteiger partial charge in [0.05, 0.1) is 50.2 Å². The van der Waals surface area contributed by atoms with Gasteiger partial charge in [0.2, 0.25) is 5.91 Å². The first-order valence-corrected chi connectivity index (χ1v) is 20.0. The van der Waals surface area contributed by atoms with Crippen molar-refractivity contribution in [2.45, 2.75) is 50.9 Å². The van der Waals surface area contributed by atoms with Crippen LogP contribution in [0.1, 0.15) is 70.0 Å². The maximum atomic E-state index is 13.2. The van der Waals surface area contributed by atoms with Crippen LogP contribution in [0.4, 0.5) is 5.69 Å². The van der Waals surface area contributed by atoms with Crippen LogP contribution in [0, 0.1) is 11.8 Å². The molecule has 1 aromatic heterocycles. The highest BCUT2D eigenvalue weighted by Crippen LogP contribution is 2.34. The predicted molar refractivity (Wildman–Crippen MR) is 218 cm³/mol. The number of aromatic hydroxyl groups is 1. The molecule has 2 aliphatic rings. The second-order valence-corrected chi connectivity index (χ2v) is 15.0. The van der Waals surface area contributed by atoms with Gasteiger partial charge in [-0.25, -0.2) is 4.98 Å². The van der Waals surface area contributed by atoms with Crippen molar-refractivity contribution < 1.29 is 34.1 Å². The molecule has 14 heteroatoms. The highest BCUT2D eigenvalue weighted by atomic mass is 32.1. The van der Waals surface area contributed by atoms with Crippen molar-refractivity contribution in [2.24, 2.45) is 0 Å². The van der Waals surface area contributed by atoms with Gasteiger partial charge in [-0.1, -0.05) is 36.3 Å². The number of aromatic nitrogens is 1. The molecule has 4 N–H and O–H groups in total. The van der Waals surface area contributed by atoms with Crippen LogP contribution in [0.25, 0.3) is 6.08 Å². The number of likely N-dealkylation sites (N-methyl/N-ethyl adjacent to an activating group) is 1. The number of aliphatic hydroxyl groups excluding tert-OH is 1. The Labute approximate surface area is 333 Å². The molecule has 2 aliphatic heterocycles. The monoisotopic (exact) mass is 786 g/mol. The molecule has 1 spiro atoms. The molecule has 1 atom stereocenters. The first kappa shape index (κ1) is 42.5. The van der Waals surface area contributed by atoms with E-state index in [9.17, 15) is 24.6 Å². The molecule has 56 heavy (non-hydrogen) atoms.